The van der Waals surface area contributed by atoms with Gasteiger partial charge in [0.2, 0.25) is 0 Å². The maximum atomic E-state index is 13.2. The van der Waals surface area contributed by atoms with Crippen LogP contribution in [0.4, 0.5) is 14.5 Å². The maximum Gasteiger partial charge on any atom is 0.277 e. The minimum absolute atomic E-state index is 0.163. The van der Waals surface area contributed by atoms with Gasteiger partial charge in [-0.3, -0.25) is 14.4 Å². The molecular weight excluding hydrogens is 342 g/mol. The lowest BCUT2D eigenvalue weighted by atomic mass is 10.2. The monoisotopic (exact) mass is 356 g/mol. The van der Waals surface area contributed by atoms with Crippen molar-refractivity contribution >= 4 is 21.6 Å². The minimum atomic E-state index is -4.08. The molecule has 1 N–H and O–H groups in total. The summed E-state index contributed by atoms with van der Waals surface area (Å²) in [6.07, 6.45) is 0. The Bertz CT molecular complexity index is 854. The van der Waals surface area contributed by atoms with Gasteiger partial charge >= 0.3 is 0 Å². The molecule has 0 aliphatic heterocycles. The zero-order valence-electron chi connectivity index (χ0n) is 12.8. The van der Waals surface area contributed by atoms with Crippen LogP contribution in [0.3, 0.4) is 0 Å². The normalized spacial score (nSPS) is 11.2. The largest absolute Gasteiger partial charge is 0.280 e. The van der Waals surface area contributed by atoms with Crippen molar-refractivity contribution in [2.75, 3.05) is 18.9 Å². The first-order chi connectivity index (χ1) is 11.2. The van der Waals surface area contributed by atoms with Gasteiger partial charge in [0, 0.05) is 18.3 Å². The van der Waals surface area contributed by atoms with Gasteiger partial charge in [-0.2, -0.15) is 0 Å². The van der Waals surface area contributed by atoms with Crippen LogP contribution in [0.2, 0.25) is 0 Å². The Morgan fingerprint density at radius 3 is 2.25 bits per heavy atom. The molecule has 24 heavy (non-hydrogen) atoms. The van der Waals surface area contributed by atoms with E-state index < -0.39 is 32.5 Å². The standard InChI is InChI=1S/C15H14F2N2O4S/c1-19(23-2)15(20)10-3-5-11(6-4-10)18-24(21,22)12-7-8-13(16)14(17)9-12/h3-9,18H,1-2H3. The summed E-state index contributed by atoms with van der Waals surface area (Å²) in [5.74, 6) is -2.81. The zero-order valence-corrected chi connectivity index (χ0v) is 13.6. The second-order valence-electron chi connectivity index (χ2n) is 4.74. The average molecular weight is 356 g/mol. The van der Waals surface area contributed by atoms with Crippen LogP contribution in [-0.2, 0) is 14.9 Å². The Morgan fingerprint density at radius 2 is 1.71 bits per heavy atom. The molecule has 0 atom stereocenters. The number of amides is 1. The molecule has 9 heteroatoms. The third kappa shape index (κ3) is 3.87. The summed E-state index contributed by atoms with van der Waals surface area (Å²) >= 11 is 0. The summed E-state index contributed by atoms with van der Waals surface area (Å²) in [4.78, 5) is 16.2. The van der Waals surface area contributed by atoms with Crippen molar-refractivity contribution in [3.8, 4) is 0 Å². The summed E-state index contributed by atoms with van der Waals surface area (Å²) < 4.78 is 52.6. The predicted molar refractivity (Wildman–Crippen MR) is 82.7 cm³/mol. The SMILES string of the molecule is CON(C)C(=O)c1ccc(NS(=O)(=O)c2ccc(F)c(F)c2)cc1. The highest BCUT2D eigenvalue weighted by Crippen LogP contribution is 2.19. The number of nitrogens with one attached hydrogen (secondary N) is 1. The second kappa shape index (κ2) is 6.93. The summed E-state index contributed by atoms with van der Waals surface area (Å²) in [5, 5.41) is 1.01. The first kappa shape index (κ1) is 17.8. The van der Waals surface area contributed by atoms with Gasteiger partial charge < -0.3 is 0 Å². The van der Waals surface area contributed by atoms with Gasteiger partial charge in [-0.15, -0.1) is 0 Å². The first-order valence-corrected chi connectivity index (χ1v) is 8.13. The molecule has 0 fully saturated rings. The fourth-order valence-corrected chi connectivity index (χ4v) is 2.87. The molecule has 2 aromatic carbocycles. The lowest BCUT2D eigenvalue weighted by molar-refractivity contribution is -0.0756. The fraction of sp³-hybridized carbons (Fsp3) is 0.133. The molecule has 0 bridgehead atoms. The number of benzene rings is 2. The van der Waals surface area contributed by atoms with Crippen LogP contribution >= 0.6 is 0 Å². The topological polar surface area (TPSA) is 75.7 Å². The van der Waals surface area contributed by atoms with E-state index in [-0.39, 0.29) is 11.3 Å². The van der Waals surface area contributed by atoms with Gasteiger partial charge in [0.25, 0.3) is 15.9 Å². The van der Waals surface area contributed by atoms with Crippen molar-refractivity contribution in [1.82, 2.24) is 5.06 Å². The average Bonchev–Trinajstić information content (AvgIpc) is 2.56. The van der Waals surface area contributed by atoms with E-state index in [1.54, 1.807) is 0 Å². The van der Waals surface area contributed by atoms with Gasteiger partial charge in [-0.25, -0.2) is 22.3 Å². The Morgan fingerprint density at radius 1 is 1.08 bits per heavy atom. The van der Waals surface area contributed by atoms with Crippen molar-refractivity contribution in [1.29, 1.82) is 0 Å². The van der Waals surface area contributed by atoms with E-state index in [1.807, 2.05) is 0 Å². The Labute approximate surface area is 137 Å². The van der Waals surface area contributed by atoms with E-state index in [1.165, 1.54) is 38.4 Å². The lowest BCUT2D eigenvalue weighted by Gasteiger charge is -2.14. The van der Waals surface area contributed by atoms with E-state index in [9.17, 15) is 22.0 Å². The molecule has 2 rings (SSSR count). The van der Waals surface area contributed by atoms with Gasteiger partial charge in [-0.1, -0.05) is 0 Å². The van der Waals surface area contributed by atoms with Crippen LogP contribution in [0.15, 0.2) is 47.4 Å². The Kier molecular flexibility index (Phi) is 5.15. The van der Waals surface area contributed by atoms with Crippen LogP contribution in [0.5, 0.6) is 0 Å². The van der Waals surface area contributed by atoms with Crippen molar-refractivity contribution in [3.05, 3.63) is 59.7 Å². The van der Waals surface area contributed by atoms with E-state index >= 15 is 0 Å². The molecule has 2 aromatic rings. The molecule has 0 aromatic heterocycles. The molecule has 0 aliphatic rings. The lowest BCUT2D eigenvalue weighted by Crippen LogP contribution is -2.25. The number of rotatable bonds is 5. The molecule has 0 unspecified atom stereocenters. The number of nitrogens with zero attached hydrogens (tertiary/aromatic N) is 1. The van der Waals surface area contributed by atoms with Gasteiger partial charge in [0.1, 0.15) is 0 Å². The van der Waals surface area contributed by atoms with E-state index in [2.05, 4.69) is 4.72 Å². The maximum absolute atomic E-state index is 13.2. The van der Waals surface area contributed by atoms with E-state index in [0.717, 1.165) is 17.2 Å². The highest BCUT2D eigenvalue weighted by atomic mass is 32.2. The highest BCUT2D eigenvalue weighted by Gasteiger charge is 2.17. The molecule has 0 saturated carbocycles. The minimum Gasteiger partial charge on any atom is -0.280 e. The Balaban J connectivity index is 2.21. The molecule has 0 spiro atoms. The molecule has 6 nitrogen and oxygen atoms in total. The van der Waals surface area contributed by atoms with Crippen molar-refractivity contribution in [3.63, 3.8) is 0 Å². The molecule has 0 saturated heterocycles. The third-order valence-electron chi connectivity index (χ3n) is 3.15. The van der Waals surface area contributed by atoms with Gasteiger partial charge in [-0.05, 0) is 42.5 Å². The van der Waals surface area contributed by atoms with Crippen LogP contribution < -0.4 is 4.72 Å². The number of hydrogen-bond donors (Lipinski definition) is 1. The smallest absolute Gasteiger partial charge is 0.277 e. The number of carbonyl (C=O) groups excluding carboxylic acids is 1. The zero-order chi connectivity index (χ0) is 17.9. The summed E-state index contributed by atoms with van der Waals surface area (Å²) in [5.41, 5.74) is 0.450. The molecule has 0 radical (unpaired) electrons. The quantitative estimate of drug-likeness (QED) is 0.835. The van der Waals surface area contributed by atoms with Crippen LogP contribution in [0.25, 0.3) is 0 Å². The highest BCUT2D eigenvalue weighted by molar-refractivity contribution is 7.92. The van der Waals surface area contributed by atoms with Crippen LogP contribution in [0.1, 0.15) is 10.4 Å². The number of carbonyl (C=O) groups is 1. The Hall–Kier alpha value is -2.52. The number of anilines is 1. The van der Waals surface area contributed by atoms with E-state index in [0.29, 0.717) is 6.07 Å². The second-order valence-corrected chi connectivity index (χ2v) is 6.43. The molecular formula is C15H14F2N2O4S. The molecule has 0 aliphatic carbocycles. The molecule has 128 valence electrons. The summed E-state index contributed by atoms with van der Waals surface area (Å²) in [6, 6.07) is 7.81. The fourth-order valence-electron chi connectivity index (χ4n) is 1.80. The van der Waals surface area contributed by atoms with Crippen LogP contribution in [-0.4, -0.2) is 33.5 Å². The van der Waals surface area contributed by atoms with Crippen molar-refractivity contribution in [2.24, 2.45) is 0 Å². The van der Waals surface area contributed by atoms with Crippen molar-refractivity contribution in [2.45, 2.75) is 4.90 Å². The third-order valence-corrected chi connectivity index (χ3v) is 4.52. The molecule has 1 amide bonds. The van der Waals surface area contributed by atoms with Crippen LogP contribution in [0, 0.1) is 11.6 Å². The van der Waals surface area contributed by atoms with E-state index in [4.69, 9.17) is 4.84 Å². The number of hydrogen-bond acceptors (Lipinski definition) is 4. The number of halogens is 2. The number of hydroxylamine groups is 2. The number of sulfonamides is 1. The van der Waals surface area contributed by atoms with Gasteiger partial charge in [0.05, 0.1) is 12.0 Å². The first-order valence-electron chi connectivity index (χ1n) is 6.64. The van der Waals surface area contributed by atoms with Gasteiger partial charge in [0.15, 0.2) is 11.6 Å². The molecule has 0 heterocycles. The summed E-state index contributed by atoms with van der Waals surface area (Å²) in [6.45, 7) is 0. The summed E-state index contributed by atoms with van der Waals surface area (Å²) in [7, 11) is -1.32. The predicted octanol–water partition coefficient (Wildman–Crippen LogP) is 2.40. The van der Waals surface area contributed by atoms with Crippen molar-refractivity contribution < 1.29 is 26.8 Å².